The van der Waals surface area contributed by atoms with Gasteiger partial charge in [-0.25, -0.2) is 0 Å². The van der Waals surface area contributed by atoms with Gasteiger partial charge < -0.3 is 9.54 Å². The lowest BCUT2D eigenvalue weighted by Gasteiger charge is -2.11. The number of aromatic amines is 1. The van der Waals surface area contributed by atoms with Crippen molar-refractivity contribution in [1.82, 2.24) is 4.98 Å². The SMILES string of the molecule is [O-][S+](c1ccc[nH]1)C(F)(F)Br. The van der Waals surface area contributed by atoms with Crippen molar-refractivity contribution < 1.29 is 13.3 Å². The van der Waals surface area contributed by atoms with Gasteiger partial charge in [0.25, 0.3) is 0 Å². The van der Waals surface area contributed by atoms with Crippen LogP contribution in [-0.4, -0.2) is 13.7 Å². The van der Waals surface area contributed by atoms with Crippen molar-refractivity contribution in [3.8, 4) is 0 Å². The van der Waals surface area contributed by atoms with Gasteiger partial charge in [0.2, 0.25) is 5.03 Å². The molecule has 1 aromatic rings. The van der Waals surface area contributed by atoms with Crippen molar-refractivity contribution in [1.29, 1.82) is 0 Å². The maximum atomic E-state index is 12.3. The lowest BCUT2D eigenvalue weighted by molar-refractivity contribution is 0.203. The molecule has 0 spiro atoms. The van der Waals surface area contributed by atoms with Gasteiger partial charge in [-0.2, -0.15) is 0 Å². The lowest BCUT2D eigenvalue weighted by Crippen LogP contribution is -2.21. The maximum absolute atomic E-state index is 12.3. The predicted molar refractivity (Wildman–Crippen MR) is 41.1 cm³/mol. The van der Waals surface area contributed by atoms with E-state index >= 15 is 0 Å². The molecule has 1 atom stereocenters. The smallest absolute Gasteiger partial charge is 0.471 e. The minimum absolute atomic E-state index is 0.00637. The van der Waals surface area contributed by atoms with Gasteiger partial charge >= 0.3 is 4.16 Å². The Balaban J connectivity index is 2.78. The van der Waals surface area contributed by atoms with Crippen molar-refractivity contribution in [3.63, 3.8) is 0 Å². The molecule has 0 aliphatic carbocycles. The lowest BCUT2D eigenvalue weighted by atomic mass is 10.7. The molecule has 11 heavy (non-hydrogen) atoms. The Morgan fingerprint density at radius 2 is 2.27 bits per heavy atom. The summed E-state index contributed by atoms with van der Waals surface area (Å²) in [6.07, 6.45) is 1.44. The molecule has 1 aromatic heterocycles. The fraction of sp³-hybridized carbons (Fsp3) is 0.200. The number of aromatic nitrogens is 1. The Bertz CT molecular complexity index is 223. The molecule has 1 N–H and O–H groups in total. The first-order chi connectivity index (χ1) is 5.02. The minimum Gasteiger partial charge on any atom is -0.605 e. The summed E-state index contributed by atoms with van der Waals surface area (Å²) >= 11 is -0.330. The van der Waals surface area contributed by atoms with Gasteiger partial charge in [-0.05, 0) is 6.07 Å². The van der Waals surface area contributed by atoms with Crippen LogP contribution in [0.1, 0.15) is 0 Å². The third-order valence-corrected chi connectivity index (χ3v) is 2.94. The second-order valence-corrected chi connectivity index (χ2v) is 4.76. The Labute approximate surface area is 73.3 Å². The van der Waals surface area contributed by atoms with Crippen molar-refractivity contribution in [2.45, 2.75) is 9.19 Å². The van der Waals surface area contributed by atoms with Gasteiger partial charge in [0.15, 0.2) is 0 Å². The predicted octanol–water partition coefficient (Wildman–Crippen LogP) is 2.07. The summed E-state index contributed by atoms with van der Waals surface area (Å²) in [7, 11) is 0. The number of nitrogens with one attached hydrogen (secondary N) is 1. The zero-order valence-corrected chi connectivity index (χ0v) is 7.58. The van der Waals surface area contributed by atoms with Crippen LogP contribution in [-0.2, 0) is 11.2 Å². The van der Waals surface area contributed by atoms with Crippen LogP contribution in [0.3, 0.4) is 0 Å². The zero-order chi connectivity index (χ0) is 8.48. The van der Waals surface area contributed by atoms with Crippen LogP contribution < -0.4 is 0 Å². The van der Waals surface area contributed by atoms with E-state index in [0.717, 1.165) is 0 Å². The minimum atomic E-state index is -3.36. The fourth-order valence-corrected chi connectivity index (χ4v) is 1.70. The Hall–Kier alpha value is -0.0700. The molecule has 0 amide bonds. The molecule has 1 unspecified atom stereocenters. The standard InChI is InChI=1S/C5H4BrF2NOS/c6-5(7,8)11(10)4-2-1-3-9-4/h1-3,9H. The highest BCUT2D eigenvalue weighted by Gasteiger charge is 2.42. The highest BCUT2D eigenvalue weighted by molar-refractivity contribution is 9.11. The number of hydrogen-bond acceptors (Lipinski definition) is 1. The third kappa shape index (κ3) is 2.18. The summed E-state index contributed by atoms with van der Waals surface area (Å²) in [5.74, 6) is 0. The van der Waals surface area contributed by atoms with Crippen molar-refractivity contribution in [2.24, 2.45) is 0 Å². The molecule has 62 valence electrons. The van der Waals surface area contributed by atoms with Crippen LogP contribution >= 0.6 is 15.9 Å². The van der Waals surface area contributed by atoms with Crippen molar-refractivity contribution in [3.05, 3.63) is 18.3 Å². The first-order valence-electron chi connectivity index (χ1n) is 2.64. The first kappa shape index (κ1) is 9.02. The first-order valence-corrected chi connectivity index (χ1v) is 4.58. The molecule has 0 aromatic carbocycles. The maximum Gasteiger partial charge on any atom is 0.471 e. The van der Waals surface area contributed by atoms with Crippen molar-refractivity contribution in [2.75, 3.05) is 0 Å². The molecule has 1 rings (SSSR count). The highest BCUT2D eigenvalue weighted by Crippen LogP contribution is 2.33. The number of H-pyrrole nitrogens is 1. The molecule has 0 radical (unpaired) electrons. The molecule has 0 aliphatic heterocycles. The average Bonchev–Trinajstić information content (AvgIpc) is 2.34. The summed E-state index contributed by atoms with van der Waals surface area (Å²) in [5.41, 5.74) is 0. The highest BCUT2D eigenvalue weighted by atomic mass is 79.9. The molecule has 0 aliphatic rings. The summed E-state index contributed by atoms with van der Waals surface area (Å²) in [6.45, 7) is 0. The Kier molecular flexibility index (Phi) is 2.56. The summed E-state index contributed by atoms with van der Waals surface area (Å²) in [6, 6.07) is 2.84. The van der Waals surface area contributed by atoms with Gasteiger partial charge in [-0.3, -0.25) is 0 Å². The van der Waals surface area contributed by atoms with Crippen LogP contribution in [0.25, 0.3) is 0 Å². The molecule has 0 saturated carbocycles. The normalized spacial score (nSPS) is 14.9. The van der Waals surface area contributed by atoms with E-state index in [4.69, 9.17) is 0 Å². The van der Waals surface area contributed by atoms with E-state index in [0.29, 0.717) is 0 Å². The molecule has 0 fully saturated rings. The fourth-order valence-electron chi connectivity index (χ4n) is 0.554. The van der Waals surface area contributed by atoms with Crippen LogP contribution in [0.2, 0.25) is 0 Å². The summed E-state index contributed by atoms with van der Waals surface area (Å²) in [4.78, 5) is 2.43. The van der Waals surface area contributed by atoms with E-state index in [1.807, 2.05) is 15.9 Å². The molecule has 0 bridgehead atoms. The number of hydrogen-bond donors (Lipinski definition) is 1. The summed E-state index contributed by atoms with van der Waals surface area (Å²) < 4.78 is 32.0. The molecular formula is C5H4BrF2NOS. The second kappa shape index (κ2) is 3.12. The quantitative estimate of drug-likeness (QED) is 0.627. The van der Waals surface area contributed by atoms with Gasteiger partial charge in [0.05, 0.1) is 27.1 Å². The van der Waals surface area contributed by atoms with E-state index in [1.54, 1.807) is 0 Å². The van der Waals surface area contributed by atoms with Crippen LogP contribution in [0.15, 0.2) is 23.4 Å². The Morgan fingerprint density at radius 1 is 1.64 bits per heavy atom. The number of rotatable bonds is 2. The monoisotopic (exact) mass is 243 g/mol. The van der Waals surface area contributed by atoms with Crippen LogP contribution in [0.5, 0.6) is 0 Å². The third-order valence-electron chi connectivity index (χ3n) is 0.979. The largest absolute Gasteiger partial charge is 0.605 e. The van der Waals surface area contributed by atoms with Gasteiger partial charge in [-0.1, -0.05) is 0 Å². The van der Waals surface area contributed by atoms with E-state index < -0.39 is 15.3 Å². The topological polar surface area (TPSA) is 38.8 Å². The van der Waals surface area contributed by atoms with E-state index in [1.165, 1.54) is 18.3 Å². The van der Waals surface area contributed by atoms with Gasteiger partial charge in [0, 0.05) is 12.3 Å². The van der Waals surface area contributed by atoms with Crippen molar-refractivity contribution >= 4 is 27.1 Å². The zero-order valence-electron chi connectivity index (χ0n) is 5.18. The Morgan fingerprint density at radius 3 is 2.64 bits per heavy atom. The van der Waals surface area contributed by atoms with Gasteiger partial charge in [-0.15, -0.1) is 8.78 Å². The number of halogens is 3. The average molecular weight is 244 g/mol. The second-order valence-electron chi connectivity index (χ2n) is 1.75. The molecule has 1 heterocycles. The molecule has 0 saturated heterocycles. The van der Waals surface area contributed by atoms with Gasteiger partial charge in [0.1, 0.15) is 0 Å². The van der Waals surface area contributed by atoms with E-state index in [9.17, 15) is 13.3 Å². The summed E-state index contributed by atoms with van der Waals surface area (Å²) in [5, 5.41) is 0.00637. The van der Waals surface area contributed by atoms with Crippen LogP contribution in [0, 0.1) is 0 Å². The number of alkyl halides is 3. The molecular weight excluding hydrogens is 240 g/mol. The van der Waals surface area contributed by atoms with Crippen LogP contribution in [0.4, 0.5) is 8.78 Å². The van der Waals surface area contributed by atoms with E-state index in [2.05, 4.69) is 4.98 Å². The molecule has 2 nitrogen and oxygen atoms in total. The molecule has 6 heteroatoms. The van der Waals surface area contributed by atoms with E-state index in [-0.39, 0.29) is 5.03 Å².